The number of hydrogen-bond acceptors (Lipinski definition) is 8. The highest BCUT2D eigenvalue weighted by atomic mass is 35.5. The van der Waals surface area contributed by atoms with E-state index in [4.69, 9.17) is 25.6 Å². The van der Waals surface area contributed by atoms with E-state index in [0.717, 1.165) is 23.1 Å². The lowest BCUT2D eigenvalue weighted by atomic mass is 10.2. The fraction of sp³-hybridized carbons (Fsp3) is 0.238. The maximum atomic E-state index is 5.99. The molecule has 0 atom stereocenters. The van der Waals surface area contributed by atoms with Gasteiger partial charge >= 0.3 is 0 Å². The van der Waals surface area contributed by atoms with Crippen molar-refractivity contribution in [3.8, 4) is 34.3 Å². The Morgan fingerprint density at radius 3 is 2.58 bits per heavy atom. The van der Waals surface area contributed by atoms with Crippen LogP contribution in [0.2, 0.25) is 5.02 Å². The molecule has 0 fully saturated rings. The minimum Gasteiger partial charge on any atom is -0.497 e. The molecule has 160 valence electrons. The van der Waals surface area contributed by atoms with E-state index in [1.165, 1.54) is 11.8 Å². The van der Waals surface area contributed by atoms with Gasteiger partial charge in [-0.2, -0.15) is 4.98 Å². The zero-order valence-corrected chi connectivity index (χ0v) is 18.8. The first kappa shape index (κ1) is 21.2. The van der Waals surface area contributed by atoms with Gasteiger partial charge in [0.15, 0.2) is 11.0 Å². The van der Waals surface area contributed by atoms with Crippen molar-refractivity contribution < 1.29 is 14.0 Å². The molecular weight excluding hydrogens is 438 g/mol. The average molecular weight is 458 g/mol. The van der Waals surface area contributed by atoms with Gasteiger partial charge in [0.1, 0.15) is 11.5 Å². The summed E-state index contributed by atoms with van der Waals surface area (Å²) in [5, 5.41) is 14.2. The second kappa shape index (κ2) is 9.40. The summed E-state index contributed by atoms with van der Waals surface area (Å²) in [5.41, 5.74) is 1.65. The number of nitrogens with zero attached hydrogens (tertiary/aromatic N) is 5. The largest absolute Gasteiger partial charge is 0.497 e. The first-order valence-corrected chi connectivity index (χ1v) is 10.9. The van der Waals surface area contributed by atoms with E-state index >= 15 is 0 Å². The quantitative estimate of drug-likeness (QED) is 0.342. The summed E-state index contributed by atoms with van der Waals surface area (Å²) in [4.78, 5) is 4.50. The van der Waals surface area contributed by atoms with Gasteiger partial charge in [-0.1, -0.05) is 28.5 Å². The minimum absolute atomic E-state index is 0.435. The summed E-state index contributed by atoms with van der Waals surface area (Å²) >= 11 is 7.47. The van der Waals surface area contributed by atoms with Gasteiger partial charge in [0.25, 0.3) is 0 Å². The van der Waals surface area contributed by atoms with Crippen molar-refractivity contribution in [3.05, 3.63) is 53.4 Å². The SMILES string of the molecule is CCn1c(SCc2nc(-c3cc(OC)ccc3OC)no2)nnc1-c1ccc(Cl)cc1. The highest BCUT2D eigenvalue weighted by Gasteiger charge is 2.17. The predicted octanol–water partition coefficient (Wildman–Crippen LogP) is 4.98. The molecular formula is C21H20ClN5O3S. The topological polar surface area (TPSA) is 88.1 Å². The summed E-state index contributed by atoms with van der Waals surface area (Å²) in [6.45, 7) is 2.77. The first-order valence-electron chi connectivity index (χ1n) is 9.49. The Hall–Kier alpha value is -3.04. The maximum absolute atomic E-state index is 5.99. The molecule has 10 heteroatoms. The molecule has 0 aliphatic heterocycles. The van der Waals surface area contributed by atoms with Crippen LogP contribution < -0.4 is 9.47 Å². The van der Waals surface area contributed by atoms with E-state index in [-0.39, 0.29) is 0 Å². The lowest BCUT2D eigenvalue weighted by Gasteiger charge is -2.07. The molecule has 0 bridgehead atoms. The van der Waals surface area contributed by atoms with E-state index in [9.17, 15) is 0 Å². The predicted molar refractivity (Wildman–Crippen MR) is 119 cm³/mol. The Balaban J connectivity index is 1.53. The Morgan fingerprint density at radius 2 is 1.87 bits per heavy atom. The Morgan fingerprint density at radius 1 is 1.06 bits per heavy atom. The fourth-order valence-electron chi connectivity index (χ4n) is 3.03. The number of aromatic nitrogens is 5. The van der Waals surface area contributed by atoms with Crippen LogP contribution in [0.5, 0.6) is 11.5 Å². The van der Waals surface area contributed by atoms with Crippen LogP contribution in [0.25, 0.3) is 22.8 Å². The summed E-state index contributed by atoms with van der Waals surface area (Å²) < 4.78 is 18.2. The van der Waals surface area contributed by atoms with E-state index in [0.29, 0.717) is 39.6 Å². The van der Waals surface area contributed by atoms with Crippen molar-refractivity contribution in [1.82, 2.24) is 24.9 Å². The number of methoxy groups -OCH3 is 2. The monoisotopic (exact) mass is 457 g/mol. The van der Waals surface area contributed by atoms with Crippen LogP contribution >= 0.6 is 23.4 Å². The van der Waals surface area contributed by atoms with Crippen LogP contribution in [0.1, 0.15) is 12.8 Å². The molecule has 2 aromatic heterocycles. The minimum atomic E-state index is 0.435. The van der Waals surface area contributed by atoms with Crippen LogP contribution in [0.3, 0.4) is 0 Å². The molecule has 0 aliphatic rings. The zero-order chi connectivity index (χ0) is 21.8. The van der Waals surface area contributed by atoms with E-state index in [1.54, 1.807) is 20.3 Å². The number of benzene rings is 2. The standard InChI is InChI=1S/C21H20ClN5O3S/c1-4-27-20(13-5-7-14(22)8-6-13)24-25-21(27)31-12-18-23-19(26-30-18)16-11-15(28-2)9-10-17(16)29-3/h5-11H,4,12H2,1-3H3. The van der Waals surface area contributed by atoms with Gasteiger partial charge in [-0.25, -0.2) is 0 Å². The molecule has 0 saturated carbocycles. The third-order valence-corrected chi connectivity index (χ3v) is 5.78. The second-order valence-electron chi connectivity index (χ2n) is 6.42. The lowest BCUT2D eigenvalue weighted by molar-refractivity contribution is 0.389. The van der Waals surface area contributed by atoms with Crippen LogP contribution in [0.15, 0.2) is 52.1 Å². The third kappa shape index (κ3) is 4.52. The van der Waals surface area contributed by atoms with Gasteiger partial charge in [0.2, 0.25) is 11.7 Å². The van der Waals surface area contributed by atoms with Crippen LogP contribution in [-0.4, -0.2) is 39.1 Å². The molecule has 0 unspecified atom stereocenters. The molecule has 2 aromatic carbocycles. The zero-order valence-electron chi connectivity index (χ0n) is 17.2. The summed E-state index contributed by atoms with van der Waals surface area (Å²) in [6, 6.07) is 13.0. The van der Waals surface area contributed by atoms with Gasteiger partial charge in [-0.3, -0.25) is 0 Å². The number of hydrogen-bond donors (Lipinski definition) is 0. The summed E-state index contributed by atoms with van der Waals surface area (Å²) in [6.07, 6.45) is 0. The number of halogens is 1. The lowest BCUT2D eigenvalue weighted by Crippen LogP contribution is -1.99. The smallest absolute Gasteiger partial charge is 0.237 e. The molecule has 0 saturated heterocycles. The summed E-state index contributed by atoms with van der Waals surface area (Å²) in [5.74, 6) is 3.47. The van der Waals surface area contributed by atoms with E-state index in [1.807, 2.05) is 47.9 Å². The van der Waals surface area contributed by atoms with Crippen LogP contribution in [0.4, 0.5) is 0 Å². The van der Waals surface area contributed by atoms with Gasteiger partial charge in [-0.05, 0) is 49.4 Å². The number of ether oxygens (including phenoxy) is 2. The van der Waals surface area contributed by atoms with Crippen molar-refractivity contribution in [3.63, 3.8) is 0 Å². The molecule has 0 aliphatic carbocycles. The van der Waals surface area contributed by atoms with Crippen molar-refractivity contribution in [2.75, 3.05) is 14.2 Å². The third-order valence-electron chi connectivity index (χ3n) is 4.58. The molecule has 0 amide bonds. The molecule has 0 spiro atoms. The molecule has 4 aromatic rings. The number of rotatable bonds is 8. The highest BCUT2D eigenvalue weighted by Crippen LogP contribution is 2.32. The molecule has 31 heavy (non-hydrogen) atoms. The van der Waals surface area contributed by atoms with E-state index < -0.39 is 0 Å². The molecule has 0 N–H and O–H groups in total. The molecule has 4 rings (SSSR count). The van der Waals surface area contributed by atoms with Crippen molar-refractivity contribution in [1.29, 1.82) is 0 Å². The molecule has 2 heterocycles. The van der Waals surface area contributed by atoms with Gasteiger partial charge in [0.05, 0.1) is 25.5 Å². The van der Waals surface area contributed by atoms with Crippen molar-refractivity contribution in [2.45, 2.75) is 24.4 Å². The molecule has 8 nitrogen and oxygen atoms in total. The fourth-order valence-corrected chi connectivity index (χ4v) is 4.00. The first-order chi connectivity index (χ1) is 15.1. The summed E-state index contributed by atoms with van der Waals surface area (Å²) in [7, 11) is 3.20. The van der Waals surface area contributed by atoms with Crippen molar-refractivity contribution >= 4 is 23.4 Å². The Kier molecular flexibility index (Phi) is 6.43. The van der Waals surface area contributed by atoms with Crippen LogP contribution in [0, 0.1) is 0 Å². The Labute approximate surface area is 188 Å². The van der Waals surface area contributed by atoms with Gasteiger partial charge in [0, 0.05) is 17.1 Å². The van der Waals surface area contributed by atoms with Crippen LogP contribution in [-0.2, 0) is 12.3 Å². The average Bonchev–Trinajstić information content (AvgIpc) is 3.44. The second-order valence-corrected chi connectivity index (χ2v) is 7.80. The van der Waals surface area contributed by atoms with E-state index in [2.05, 4.69) is 20.3 Å². The maximum Gasteiger partial charge on any atom is 0.237 e. The Bertz CT molecular complexity index is 1180. The van der Waals surface area contributed by atoms with Crippen molar-refractivity contribution in [2.24, 2.45) is 0 Å². The number of thioether (sulfide) groups is 1. The highest BCUT2D eigenvalue weighted by molar-refractivity contribution is 7.98. The molecule has 0 radical (unpaired) electrons. The van der Waals surface area contributed by atoms with Gasteiger partial charge < -0.3 is 18.6 Å². The normalized spacial score (nSPS) is 11.0. The van der Waals surface area contributed by atoms with Gasteiger partial charge in [-0.15, -0.1) is 10.2 Å².